The summed E-state index contributed by atoms with van der Waals surface area (Å²) in [5.41, 5.74) is 0.993. The molecule has 1 aromatic heterocycles. The van der Waals surface area contributed by atoms with Crippen LogP contribution in [0.5, 0.6) is 0 Å². The fourth-order valence-corrected chi connectivity index (χ4v) is 2.23. The van der Waals surface area contributed by atoms with Gasteiger partial charge in [0.05, 0.1) is 15.1 Å². The Kier molecular flexibility index (Phi) is 4.31. The average Bonchev–Trinajstić information content (AvgIpc) is 2.44. The van der Waals surface area contributed by atoms with Crippen LogP contribution in [0.1, 0.15) is 11.1 Å². The lowest BCUT2D eigenvalue weighted by molar-refractivity contribution is 0.618. The molecule has 0 unspecified atom stereocenters. The molecule has 0 aliphatic carbocycles. The van der Waals surface area contributed by atoms with Crippen LogP contribution in [0.15, 0.2) is 47.2 Å². The Morgan fingerprint density at radius 2 is 1.95 bits per heavy atom. The van der Waals surface area contributed by atoms with E-state index in [1.807, 2.05) is 6.07 Å². The molecule has 0 radical (unpaired) electrons. The lowest BCUT2D eigenvalue weighted by Crippen LogP contribution is -1.91. The number of halogens is 3. The molecule has 19 heavy (non-hydrogen) atoms. The first kappa shape index (κ1) is 13.7. The quantitative estimate of drug-likeness (QED) is 0.750. The Bertz CT molecular complexity index is 678. The molecule has 94 valence electrons. The largest absolute Gasteiger partial charge is 0.265 e. The molecule has 0 N–H and O–H groups in total. The number of pyridine rings is 1. The van der Waals surface area contributed by atoms with Gasteiger partial charge in [0, 0.05) is 18.0 Å². The maximum absolute atomic E-state index is 14.0. The minimum Gasteiger partial charge on any atom is -0.265 e. The van der Waals surface area contributed by atoms with Gasteiger partial charge in [0.1, 0.15) is 11.9 Å². The van der Waals surface area contributed by atoms with Crippen molar-refractivity contribution >= 4 is 38.1 Å². The van der Waals surface area contributed by atoms with Gasteiger partial charge in [0.25, 0.3) is 0 Å². The van der Waals surface area contributed by atoms with Crippen molar-refractivity contribution in [2.75, 3.05) is 0 Å². The van der Waals surface area contributed by atoms with Crippen LogP contribution in [0, 0.1) is 17.1 Å². The van der Waals surface area contributed by atoms with Gasteiger partial charge in [-0.1, -0.05) is 23.7 Å². The second-order valence-electron chi connectivity index (χ2n) is 3.64. The predicted molar refractivity (Wildman–Crippen MR) is 76.6 cm³/mol. The number of benzene rings is 1. The van der Waals surface area contributed by atoms with Crippen molar-refractivity contribution in [3.05, 3.63) is 64.1 Å². The second kappa shape index (κ2) is 5.96. The molecule has 1 aromatic carbocycles. The van der Waals surface area contributed by atoms with Crippen molar-refractivity contribution in [3.8, 4) is 6.07 Å². The van der Waals surface area contributed by atoms with Gasteiger partial charge in [0.2, 0.25) is 0 Å². The van der Waals surface area contributed by atoms with Crippen LogP contribution < -0.4 is 0 Å². The Morgan fingerprint density at radius 1 is 1.26 bits per heavy atom. The number of hydrogen-bond donors (Lipinski definition) is 0. The molecular formula is C14H7BrClFN2. The standard InChI is InChI=1S/C14H7BrClFN2/c15-12-3-1-2-10(14(12)17)13(16)11(8-18)9-4-6-19-7-5-9/h1-7H/b13-11+. The second-order valence-corrected chi connectivity index (χ2v) is 4.87. The van der Waals surface area contributed by atoms with Crippen molar-refractivity contribution < 1.29 is 4.39 Å². The molecule has 2 nitrogen and oxygen atoms in total. The molecule has 0 aliphatic heterocycles. The summed E-state index contributed by atoms with van der Waals surface area (Å²) in [4.78, 5) is 3.87. The smallest absolute Gasteiger partial charge is 0.146 e. The molecule has 0 saturated heterocycles. The zero-order valence-electron chi connectivity index (χ0n) is 9.57. The Morgan fingerprint density at radius 3 is 2.58 bits per heavy atom. The van der Waals surface area contributed by atoms with E-state index in [-0.39, 0.29) is 16.2 Å². The number of allylic oxidation sites excluding steroid dienone is 1. The molecule has 2 rings (SSSR count). The first-order chi connectivity index (χ1) is 9.15. The zero-order chi connectivity index (χ0) is 13.8. The summed E-state index contributed by atoms with van der Waals surface area (Å²) in [6.45, 7) is 0. The third-order valence-corrected chi connectivity index (χ3v) is 3.49. The van der Waals surface area contributed by atoms with Gasteiger partial charge in [-0.25, -0.2) is 4.39 Å². The highest BCUT2D eigenvalue weighted by Gasteiger charge is 2.14. The van der Waals surface area contributed by atoms with Gasteiger partial charge in [-0.15, -0.1) is 0 Å². The Hall–Kier alpha value is -1.70. The lowest BCUT2D eigenvalue weighted by atomic mass is 10.0. The van der Waals surface area contributed by atoms with Gasteiger partial charge < -0.3 is 0 Å². The number of rotatable bonds is 2. The molecule has 0 spiro atoms. The highest BCUT2D eigenvalue weighted by Crippen LogP contribution is 2.32. The van der Waals surface area contributed by atoms with E-state index in [4.69, 9.17) is 11.6 Å². The fraction of sp³-hybridized carbons (Fsp3) is 0. The Balaban J connectivity index is 2.63. The Labute approximate surface area is 123 Å². The monoisotopic (exact) mass is 336 g/mol. The molecule has 0 saturated carbocycles. The molecule has 5 heteroatoms. The van der Waals surface area contributed by atoms with Crippen LogP contribution in [-0.4, -0.2) is 4.98 Å². The van der Waals surface area contributed by atoms with E-state index in [0.29, 0.717) is 10.0 Å². The van der Waals surface area contributed by atoms with Gasteiger partial charge in [0.15, 0.2) is 0 Å². The van der Waals surface area contributed by atoms with Crippen LogP contribution in [0.4, 0.5) is 4.39 Å². The highest BCUT2D eigenvalue weighted by atomic mass is 79.9. The summed E-state index contributed by atoms with van der Waals surface area (Å²) in [6, 6.07) is 10.1. The molecular weight excluding hydrogens is 331 g/mol. The van der Waals surface area contributed by atoms with Gasteiger partial charge in [-0.3, -0.25) is 4.98 Å². The van der Waals surface area contributed by atoms with E-state index in [1.54, 1.807) is 36.7 Å². The van der Waals surface area contributed by atoms with Crippen molar-refractivity contribution in [3.63, 3.8) is 0 Å². The van der Waals surface area contributed by atoms with Crippen LogP contribution >= 0.6 is 27.5 Å². The van der Waals surface area contributed by atoms with Gasteiger partial charge in [-0.05, 0) is 39.7 Å². The van der Waals surface area contributed by atoms with E-state index in [9.17, 15) is 9.65 Å². The van der Waals surface area contributed by atoms with Gasteiger partial charge in [-0.2, -0.15) is 5.26 Å². The van der Waals surface area contributed by atoms with Crippen molar-refractivity contribution in [1.29, 1.82) is 5.26 Å². The van der Waals surface area contributed by atoms with E-state index in [2.05, 4.69) is 20.9 Å². The maximum atomic E-state index is 14.0. The summed E-state index contributed by atoms with van der Waals surface area (Å²) in [6.07, 6.45) is 3.10. The van der Waals surface area contributed by atoms with Gasteiger partial charge >= 0.3 is 0 Å². The van der Waals surface area contributed by atoms with E-state index in [0.717, 1.165) is 0 Å². The number of aromatic nitrogens is 1. The summed E-state index contributed by atoms with van der Waals surface area (Å²) in [5.74, 6) is -0.491. The number of hydrogen-bond acceptors (Lipinski definition) is 2. The topological polar surface area (TPSA) is 36.7 Å². The summed E-state index contributed by atoms with van der Waals surface area (Å²) in [5, 5.41) is 9.30. The zero-order valence-corrected chi connectivity index (χ0v) is 11.9. The lowest BCUT2D eigenvalue weighted by Gasteiger charge is -2.06. The first-order valence-corrected chi connectivity index (χ1v) is 6.47. The molecule has 0 aliphatic rings. The van der Waals surface area contributed by atoms with E-state index in [1.165, 1.54) is 6.07 Å². The minimum absolute atomic E-state index is 0.0764. The summed E-state index contributed by atoms with van der Waals surface area (Å²) >= 11 is 9.25. The van der Waals surface area contributed by atoms with Crippen molar-refractivity contribution in [2.45, 2.75) is 0 Å². The highest BCUT2D eigenvalue weighted by molar-refractivity contribution is 9.10. The van der Waals surface area contributed by atoms with E-state index >= 15 is 0 Å². The summed E-state index contributed by atoms with van der Waals surface area (Å²) < 4.78 is 14.3. The van der Waals surface area contributed by atoms with Crippen LogP contribution in [0.2, 0.25) is 0 Å². The summed E-state index contributed by atoms with van der Waals surface area (Å²) in [7, 11) is 0. The minimum atomic E-state index is -0.491. The normalized spacial score (nSPS) is 11.7. The van der Waals surface area contributed by atoms with Crippen LogP contribution in [0.3, 0.4) is 0 Å². The molecule has 2 aromatic rings. The van der Waals surface area contributed by atoms with Crippen LogP contribution in [-0.2, 0) is 0 Å². The van der Waals surface area contributed by atoms with E-state index < -0.39 is 5.82 Å². The van der Waals surface area contributed by atoms with Crippen molar-refractivity contribution in [2.24, 2.45) is 0 Å². The molecule has 0 fully saturated rings. The third kappa shape index (κ3) is 2.83. The molecule has 0 atom stereocenters. The van der Waals surface area contributed by atoms with Crippen molar-refractivity contribution in [1.82, 2.24) is 4.98 Å². The molecule has 0 amide bonds. The third-order valence-electron chi connectivity index (χ3n) is 2.49. The number of nitrogens with zero attached hydrogens (tertiary/aromatic N) is 2. The van der Waals surface area contributed by atoms with Crippen LogP contribution in [0.25, 0.3) is 10.6 Å². The first-order valence-electron chi connectivity index (χ1n) is 5.29. The molecule has 0 bridgehead atoms. The molecule has 1 heterocycles. The number of nitriles is 1. The maximum Gasteiger partial charge on any atom is 0.146 e. The predicted octanol–water partition coefficient (Wildman–Crippen LogP) is 4.61. The SMILES string of the molecule is N#C/C(=C(\Cl)c1cccc(Br)c1F)c1ccncc1. The average molecular weight is 338 g/mol. The fourth-order valence-electron chi connectivity index (χ4n) is 1.57.